The highest BCUT2D eigenvalue weighted by Crippen LogP contribution is 2.33. The van der Waals surface area contributed by atoms with Crippen LogP contribution in [0.5, 0.6) is 11.5 Å². The molecule has 41 heavy (non-hydrogen) atoms. The topological polar surface area (TPSA) is 111 Å². The van der Waals surface area contributed by atoms with Gasteiger partial charge in [-0.1, -0.05) is 12.1 Å². The molecule has 9 nitrogen and oxygen atoms in total. The maximum absolute atomic E-state index is 11.7. The van der Waals surface area contributed by atoms with E-state index < -0.39 is 0 Å². The fourth-order valence-corrected chi connectivity index (χ4v) is 5.81. The summed E-state index contributed by atoms with van der Waals surface area (Å²) in [6.45, 7) is 3.76. The van der Waals surface area contributed by atoms with Crippen LogP contribution in [-0.2, 0) is 17.8 Å². The number of nitrogens with two attached hydrogens (primary N) is 1. The number of fused-ring (bicyclic) bond motifs is 3. The number of likely N-dealkylation sites (tertiary alicyclic amines) is 2. The van der Waals surface area contributed by atoms with Crippen LogP contribution in [0.3, 0.4) is 0 Å². The second kappa shape index (κ2) is 11.6. The van der Waals surface area contributed by atoms with E-state index in [0.717, 1.165) is 60.1 Å². The van der Waals surface area contributed by atoms with Gasteiger partial charge >= 0.3 is 5.97 Å². The van der Waals surface area contributed by atoms with Crippen molar-refractivity contribution < 1.29 is 19.3 Å². The molecule has 2 saturated heterocycles. The molecule has 2 aliphatic rings. The molecule has 0 amide bonds. The average molecular weight is 552 g/mol. The van der Waals surface area contributed by atoms with E-state index >= 15 is 0 Å². The Balaban J connectivity index is 1.05. The molecule has 3 aromatic carbocycles. The van der Waals surface area contributed by atoms with Gasteiger partial charge in [0.1, 0.15) is 24.4 Å². The van der Waals surface area contributed by atoms with E-state index in [-0.39, 0.29) is 5.97 Å². The van der Waals surface area contributed by atoms with Gasteiger partial charge in [0.25, 0.3) is 0 Å². The predicted molar refractivity (Wildman–Crippen MR) is 159 cm³/mol. The number of aromatic nitrogens is 2. The van der Waals surface area contributed by atoms with Crippen molar-refractivity contribution in [1.82, 2.24) is 19.8 Å². The van der Waals surface area contributed by atoms with Crippen molar-refractivity contribution in [3.8, 4) is 11.5 Å². The molecule has 0 unspecified atom stereocenters. The van der Waals surface area contributed by atoms with Crippen LogP contribution in [0.25, 0.3) is 16.7 Å². The van der Waals surface area contributed by atoms with E-state index in [0.29, 0.717) is 23.3 Å². The van der Waals surface area contributed by atoms with Gasteiger partial charge in [-0.3, -0.25) is 14.8 Å². The number of hydrogen-bond donors (Lipinski definition) is 3. The maximum atomic E-state index is 11.7. The number of hydrogen-bond acceptors (Lipinski definition) is 7. The molecule has 1 aromatic heterocycles. The lowest BCUT2D eigenvalue weighted by molar-refractivity contribution is -0.413. The second-order valence-corrected chi connectivity index (χ2v) is 10.7. The highest BCUT2D eigenvalue weighted by atomic mass is 16.5. The summed E-state index contributed by atoms with van der Waals surface area (Å²) in [5.74, 6) is 2.17. The molecule has 2 bridgehead atoms. The highest BCUT2D eigenvalue weighted by molar-refractivity contribution is 5.89. The first-order valence-corrected chi connectivity index (χ1v) is 13.9. The van der Waals surface area contributed by atoms with Crippen molar-refractivity contribution in [2.75, 3.05) is 27.2 Å². The molecular weight excluding hydrogens is 516 g/mol. The van der Waals surface area contributed by atoms with Crippen molar-refractivity contribution in [3.05, 3.63) is 95.3 Å². The summed E-state index contributed by atoms with van der Waals surface area (Å²) in [7, 11) is 3.24. The van der Waals surface area contributed by atoms with Crippen molar-refractivity contribution in [2.45, 2.75) is 31.6 Å². The molecule has 0 aliphatic carbocycles. The normalized spacial score (nSPS) is 19.4. The standard InChI is InChI=1S/C32H34N6O3/c1-34-14-13-28(33)22-7-9-26(10-8-22)41-27-11-12-29-30(16-27)36-31(35-29)20-38-19-24-15-25(38)18-37(24)17-21-3-5-23(6-4-21)32(39)40-2/h3-14,16,24-25H,15,17-20,33H2,1-2H3,(H,35,36)/p+1/b28-13-,34-14?/t24-,25-/m0/s1. The lowest BCUT2D eigenvalue weighted by atomic mass is 10.1. The largest absolute Gasteiger partial charge is 0.465 e. The van der Waals surface area contributed by atoms with E-state index in [2.05, 4.69) is 19.8 Å². The Morgan fingerprint density at radius 2 is 1.68 bits per heavy atom. The summed E-state index contributed by atoms with van der Waals surface area (Å²) >= 11 is 0. The quantitative estimate of drug-likeness (QED) is 0.217. The number of allylic oxidation sites excluding steroid dienone is 1. The predicted octanol–water partition coefficient (Wildman–Crippen LogP) is 2.68. The zero-order valence-electron chi connectivity index (χ0n) is 23.3. The smallest absolute Gasteiger partial charge is 0.337 e. The van der Waals surface area contributed by atoms with E-state index in [4.69, 9.17) is 20.2 Å². The summed E-state index contributed by atoms with van der Waals surface area (Å²) in [5.41, 5.74) is 11.4. The number of carbonyl (C=O) groups excluding carboxylic acids is 1. The minimum Gasteiger partial charge on any atom is -0.465 e. The number of ether oxygens (including phenoxy) is 2. The zero-order chi connectivity index (χ0) is 28.3. The first-order valence-electron chi connectivity index (χ1n) is 13.9. The third-order valence-corrected chi connectivity index (χ3v) is 7.94. The Labute approximate surface area is 239 Å². The molecule has 210 valence electrons. The number of imidazole rings is 1. The molecule has 0 spiro atoms. The number of benzene rings is 3. The number of methoxy groups -OCH3 is 1. The molecule has 4 N–H and O–H groups in total. The first-order chi connectivity index (χ1) is 20.0. The fraction of sp³-hybridized carbons (Fsp3) is 0.281. The summed E-state index contributed by atoms with van der Waals surface area (Å²) in [5, 5.41) is 0. The Hall–Kier alpha value is -4.47. The number of rotatable bonds is 9. The molecular formula is C32H35N6O3+. The van der Waals surface area contributed by atoms with Crippen LogP contribution in [0.1, 0.15) is 33.7 Å². The highest BCUT2D eigenvalue weighted by Gasteiger charge is 2.43. The molecule has 6 rings (SSSR count). The lowest BCUT2D eigenvalue weighted by Gasteiger charge is -2.33. The van der Waals surface area contributed by atoms with E-state index in [1.807, 2.05) is 79.9 Å². The van der Waals surface area contributed by atoms with Crippen LogP contribution in [0.4, 0.5) is 0 Å². The van der Waals surface area contributed by atoms with Gasteiger partial charge in [-0.2, -0.15) is 0 Å². The van der Waals surface area contributed by atoms with Gasteiger partial charge in [0.05, 0.1) is 30.3 Å². The van der Waals surface area contributed by atoms with Crippen LogP contribution < -0.4 is 15.5 Å². The maximum Gasteiger partial charge on any atom is 0.337 e. The molecule has 9 heteroatoms. The minimum atomic E-state index is -0.300. The molecule has 2 atom stereocenters. The van der Waals surface area contributed by atoms with Crippen LogP contribution in [-0.4, -0.2) is 71.3 Å². The van der Waals surface area contributed by atoms with Gasteiger partial charge in [0.15, 0.2) is 6.21 Å². The van der Waals surface area contributed by atoms with E-state index in [1.54, 1.807) is 6.21 Å². The summed E-state index contributed by atoms with van der Waals surface area (Å²) in [6, 6.07) is 22.5. The van der Waals surface area contributed by atoms with Crippen LogP contribution in [0.15, 0.2) is 72.8 Å². The second-order valence-electron chi connectivity index (χ2n) is 10.7. The van der Waals surface area contributed by atoms with E-state index in [1.165, 1.54) is 19.1 Å². The summed E-state index contributed by atoms with van der Waals surface area (Å²) < 4.78 is 10.9. The SMILES string of the molecule is C[NH+]=C/C=C(\N)c1ccc(Oc2ccc3nc(CN4C[C@@H]5C[C@H]4CN5Cc4ccc(C(=O)OC)cc4)[nH]c3c2)cc1. The zero-order valence-corrected chi connectivity index (χ0v) is 23.3. The Bertz CT molecular complexity index is 1590. The van der Waals surface area contributed by atoms with Crippen LogP contribution in [0.2, 0.25) is 0 Å². The fourth-order valence-electron chi connectivity index (χ4n) is 5.81. The van der Waals surface area contributed by atoms with Gasteiger partial charge in [-0.25, -0.2) is 9.78 Å². The van der Waals surface area contributed by atoms with Gasteiger partial charge in [0, 0.05) is 49.6 Å². The molecule has 0 radical (unpaired) electrons. The first kappa shape index (κ1) is 26.7. The van der Waals surface area contributed by atoms with Crippen molar-refractivity contribution in [3.63, 3.8) is 0 Å². The molecule has 2 fully saturated rings. The molecule has 2 aliphatic heterocycles. The third kappa shape index (κ3) is 5.86. The van der Waals surface area contributed by atoms with Crippen LogP contribution >= 0.6 is 0 Å². The monoisotopic (exact) mass is 551 g/mol. The Kier molecular flexibility index (Phi) is 7.54. The van der Waals surface area contributed by atoms with Crippen molar-refractivity contribution in [2.24, 2.45) is 5.73 Å². The third-order valence-electron chi connectivity index (χ3n) is 7.94. The number of esters is 1. The van der Waals surface area contributed by atoms with Crippen molar-refractivity contribution in [1.29, 1.82) is 0 Å². The van der Waals surface area contributed by atoms with Gasteiger partial charge in [-0.05, 0) is 66.1 Å². The van der Waals surface area contributed by atoms with Crippen LogP contribution in [0, 0.1) is 0 Å². The van der Waals surface area contributed by atoms with Gasteiger partial charge < -0.3 is 20.2 Å². The van der Waals surface area contributed by atoms with Crippen molar-refractivity contribution >= 4 is 28.9 Å². The Morgan fingerprint density at radius 3 is 2.37 bits per heavy atom. The number of carbonyl (C=O) groups is 1. The van der Waals surface area contributed by atoms with E-state index in [9.17, 15) is 4.79 Å². The number of nitrogens with one attached hydrogen (secondary N) is 2. The van der Waals surface area contributed by atoms with Gasteiger partial charge in [-0.15, -0.1) is 0 Å². The summed E-state index contributed by atoms with van der Waals surface area (Å²) in [6.07, 6.45) is 4.80. The minimum absolute atomic E-state index is 0.300. The molecule has 3 heterocycles. The Morgan fingerprint density at radius 1 is 1.00 bits per heavy atom. The summed E-state index contributed by atoms with van der Waals surface area (Å²) in [4.78, 5) is 28.1. The lowest BCUT2D eigenvalue weighted by Crippen LogP contribution is -2.62. The molecule has 0 saturated carbocycles. The number of aromatic amines is 1. The average Bonchev–Trinajstić information content (AvgIpc) is 3.70. The molecule has 4 aromatic rings. The number of nitrogens with zero attached hydrogens (tertiary/aromatic N) is 3. The van der Waals surface area contributed by atoms with Gasteiger partial charge in [0.2, 0.25) is 0 Å². The number of H-pyrrole nitrogens is 1. The number of piperazine rings is 1.